The molecule has 1 aliphatic heterocycles. The molecule has 2 aromatic rings. The zero-order chi connectivity index (χ0) is 12.4. The third-order valence-corrected chi connectivity index (χ3v) is 3.20. The minimum absolute atomic E-state index is 0.0789. The van der Waals surface area contributed by atoms with Gasteiger partial charge in [0, 0.05) is 35.1 Å². The second-order valence-corrected chi connectivity index (χ2v) is 4.44. The van der Waals surface area contributed by atoms with E-state index in [0.29, 0.717) is 6.42 Å². The zero-order valence-corrected chi connectivity index (χ0v) is 10.0. The molecule has 2 heterocycles. The van der Waals surface area contributed by atoms with Gasteiger partial charge >= 0.3 is 0 Å². The molecule has 0 radical (unpaired) electrons. The Balaban J connectivity index is 2.19. The number of para-hydroxylation sites is 1. The molecule has 0 aliphatic carbocycles. The van der Waals surface area contributed by atoms with Crippen LogP contribution < -0.4 is 5.32 Å². The van der Waals surface area contributed by atoms with Crippen LogP contribution in [-0.4, -0.2) is 10.9 Å². The molecule has 1 aromatic carbocycles. The number of nitrogens with one attached hydrogen (secondary N) is 1. The molecule has 90 valence electrons. The highest BCUT2D eigenvalue weighted by Gasteiger charge is 2.14. The molecule has 0 unspecified atom stereocenters. The van der Waals surface area contributed by atoms with Gasteiger partial charge in [-0.2, -0.15) is 0 Å². The van der Waals surface area contributed by atoms with E-state index < -0.39 is 0 Å². The molecule has 3 nitrogen and oxygen atoms in total. The Bertz CT molecular complexity index is 593. The van der Waals surface area contributed by atoms with Gasteiger partial charge in [0.25, 0.3) is 0 Å². The van der Waals surface area contributed by atoms with Crippen molar-refractivity contribution < 1.29 is 4.79 Å². The molecule has 0 fully saturated rings. The van der Waals surface area contributed by atoms with Crippen molar-refractivity contribution in [1.29, 1.82) is 0 Å². The molecule has 0 spiro atoms. The number of carbonyl (C=O) groups excluding carboxylic acids is 1. The van der Waals surface area contributed by atoms with E-state index in [9.17, 15) is 4.79 Å². The van der Waals surface area contributed by atoms with Crippen molar-refractivity contribution in [2.75, 3.05) is 5.32 Å². The number of fused-ring (bicyclic) bond motifs is 3. The number of aromatic nitrogens is 1. The molecule has 1 aromatic heterocycles. The van der Waals surface area contributed by atoms with E-state index in [4.69, 9.17) is 0 Å². The Morgan fingerprint density at radius 2 is 1.83 bits per heavy atom. The lowest BCUT2D eigenvalue weighted by molar-refractivity contribution is -0.116. The fourth-order valence-corrected chi connectivity index (χ4v) is 2.34. The highest BCUT2D eigenvalue weighted by molar-refractivity contribution is 5.96. The normalized spacial score (nSPS) is 14.6. The number of carbonyl (C=O) groups is 1. The molecule has 3 rings (SSSR count). The van der Waals surface area contributed by atoms with Gasteiger partial charge in [-0.25, -0.2) is 0 Å². The van der Waals surface area contributed by atoms with Gasteiger partial charge in [0.1, 0.15) is 0 Å². The van der Waals surface area contributed by atoms with Crippen molar-refractivity contribution >= 4 is 11.6 Å². The van der Waals surface area contributed by atoms with E-state index in [2.05, 4.69) is 16.4 Å². The molecule has 0 saturated heterocycles. The van der Waals surface area contributed by atoms with Gasteiger partial charge in [0.2, 0.25) is 5.91 Å². The summed E-state index contributed by atoms with van der Waals surface area (Å²) < 4.78 is 0. The van der Waals surface area contributed by atoms with Crippen LogP contribution in [-0.2, 0) is 11.2 Å². The van der Waals surface area contributed by atoms with Gasteiger partial charge in [-0.15, -0.1) is 0 Å². The summed E-state index contributed by atoms with van der Waals surface area (Å²) in [4.78, 5) is 16.2. The molecular formula is C15H14N2O. The van der Waals surface area contributed by atoms with Crippen LogP contribution in [0.25, 0.3) is 11.1 Å². The third-order valence-electron chi connectivity index (χ3n) is 3.20. The molecular weight excluding hydrogens is 224 g/mol. The number of amides is 1. The first-order chi connectivity index (χ1) is 8.84. The number of anilines is 1. The fourth-order valence-electron chi connectivity index (χ4n) is 2.34. The maximum absolute atomic E-state index is 11.8. The van der Waals surface area contributed by atoms with Gasteiger partial charge in [0.05, 0.1) is 0 Å². The zero-order valence-electron chi connectivity index (χ0n) is 10.0. The number of rotatable bonds is 0. The van der Waals surface area contributed by atoms with E-state index in [-0.39, 0.29) is 5.91 Å². The number of benzene rings is 1. The summed E-state index contributed by atoms with van der Waals surface area (Å²) in [5.41, 5.74) is 4.12. The summed E-state index contributed by atoms with van der Waals surface area (Å²) in [6.45, 7) is 0. The van der Waals surface area contributed by atoms with Crippen LogP contribution in [0.3, 0.4) is 0 Å². The molecule has 1 amide bonds. The Labute approximate surface area is 106 Å². The second kappa shape index (κ2) is 4.61. The molecule has 3 heteroatoms. The lowest BCUT2D eigenvalue weighted by atomic mass is 10.0. The van der Waals surface area contributed by atoms with Crippen LogP contribution in [0.1, 0.15) is 18.5 Å². The lowest BCUT2D eigenvalue weighted by Gasteiger charge is -2.11. The van der Waals surface area contributed by atoms with Crippen LogP contribution in [0.2, 0.25) is 0 Å². The molecule has 18 heavy (non-hydrogen) atoms. The predicted molar refractivity (Wildman–Crippen MR) is 71.2 cm³/mol. The summed E-state index contributed by atoms with van der Waals surface area (Å²) in [6.07, 6.45) is 4.04. The number of hydrogen-bond donors (Lipinski definition) is 1. The topological polar surface area (TPSA) is 42.0 Å². The summed E-state index contributed by atoms with van der Waals surface area (Å²) in [6, 6.07) is 11.9. The molecule has 0 saturated carbocycles. The SMILES string of the molecule is O=C1CCCc2ncccc2-c2ccccc2N1. The summed E-state index contributed by atoms with van der Waals surface area (Å²) in [5, 5.41) is 2.98. The fraction of sp³-hybridized carbons (Fsp3) is 0.200. The van der Waals surface area contributed by atoms with Gasteiger partial charge < -0.3 is 5.32 Å². The second-order valence-electron chi connectivity index (χ2n) is 4.44. The van der Waals surface area contributed by atoms with Crippen LogP contribution in [0.4, 0.5) is 5.69 Å². The van der Waals surface area contributed by atoms with Crippen molar-refractivity contribution in [1.82, 2.24) is 4.98 Å². The van der Waals surface area contributed by atoms with Gasteiger partial charge in [-0.3, -0.25) is 9.78 Å². The maximum atomic E-state index is 11.8. The number of hydrogen-bond acceptors (Lipinski definition) is 2. The van der Waals surface area contributed by atoms with E-state index in [1.54, 1.807) is 0 Å². The van der Waals surface area contributed by atoms with Crippen LogP contribution in [0.5, 0.6) is 0 Å². The van der Waals surface area contributed by atoms with Crippen LogP contribution in [0, 0.1) is 0 Å². The monoisotopic (exact) mass is 238 g/mol. The largest absolute Gasteiger partial charge is 0.326 e. The standard InChI is InChI=1S/C15H14N2O/c18-15-9-3-8-13-11(6-4-10-16-13)12-5-1-2-7-14(12)17-15/h1-2,4-7,10H,3,8-9H2,(H,17,18). The highest BCUT2D eigenvalue weighted by Crippen LogP contribution is 2.31. The third kappa shape index (κ3) is 1.99. The van der Waals surface area contributed by atoms with E-state index in [0.717, 1.165) is 35.3 Å². The first-order valence-corrected chi connectivity index (χ1v) is 6.18. The molecule has 0 atom stereocenters. The summed E-state index contributed by atoms with van der Waals surface area (Å²) >= 11 is 0. The van der Waals surface area contributed by atoms with Crippen molar-refractivity contribution in [3.8, 4) is 11.1 Å². The van der Waals surface area contributed by atoms with Gasteiger partial charge in [0.15, 0.2) is 0 Å². The Hall–Kier alpha value is -2.16. The van der Waals surface area contributed by atoms with Crippen molar-refractivity contribution in [3.63, 3.8) is 0 Å². The molecule has 0 bridgehead atoms. The summed E-state index contributed by atoms with van der Waals surface area (Å²) in [7, 11) is 0. The number of aryl methyl sites for hydroxylation is 1. The highest BCUT2D eigenvalue weighted by atomic mass is 16.1. The minimum atomic E-state index is 0.0789. The van der Waals surface area contributed by atoms with E-state index in [1.807, 2.05) is 36.5 Å². The van der Waals surface area contributed by atoms with E-state index >= 15 is 0 Å². The smallest absolute Gasteiger partial charge is 0.224 e. The van der Waals surface area contributed by atoms with Crippen molar-refractivity contribution in [2.45, 2.75) is 19.3 Å². The average molecular weight is 238 g/mol. The van der Waals surface area contributed by atoms with Crippen molar-refractivity contribution in [3.05, 3.63) is 48.3 Å². The Morgan fingerprint density at radius 1 is 1.00 bits per heavy atom. The molecule has 1 aliphatic rings. The van der Waals surface area contributed by atoms with E-state index in [1.165, 1.54) is 0 Å². The predicted octanol–water partition coefficient (Wildman–Crippen LogP) is 3.02. The van der Waals surface area contributed by atoms with Crippen molar-refractivity contribution in [2.24, 2.45) is 0 Å². The van der Waals surface area contributed by atoms with Gasteiger partial charge in [-0.05, 0) is 25.0 Å². The minimum Gasteiger partial charge on any atom is -0.326 e. The quantitative estimate of drug-likeness (QED) is 0.766. The van der Waals surface area contributed by atoms with Gasteiger partial charge in [-0.1, -0.05) is 24.3 Å². The van der Waals surface area contributed by atoms with Crippen LogP contribution in [0.15, 0.2) is 42.6 Å². The average Bonchev–Trinajstić information content (AvgIpc) is 2.46. The Morgan fingerprint density at radius 3 is 2.78 bits per heavy atom. The molecule has 1 N–H and O–H groups in total. The number of nitrogens with zero attached hydrogens (tertiary/aromatic N) is 1. The van der Waals surface area contributed by atoms with Crippen LogP contribution >= 0.6 is 0 Å². The Kier molecular flexibility index (Phi) is 2.81. The lowest BCUT2D eigenvalue weighted by Crippen LogP contribution is -2.11. The summed E-state index contributed by atoms with van der Waals surface area (Å²) in [5.74, 6) is 0.0789. The first-order valence-electron chi connectivity index (χ1n) is 6.18. The first kappa shape index (κ1) is 11.0. The maximum Gasteiger partial charge on any atom is 0.224 e. The number of pyridine rings is 1.